The van der Waals surface area contributed by atoms with Crippen LogP contribution in [0.5, 0.6) is 11.5 Å². The number of methoxy groups -OCH3 is 2. The van der Waals surface area contributed by atoms with Gasteiger partial charge in [0, 0.05) is 30.7 Å². The number of benzene rings is 4. The van der Waals surface area contributed by atoms with Crippen LogP contribution >= 0.6 is 47.0 Å². The Hall–Kier alpha value is -3.56. The third-order valence-corrected chi connectivity index (χ3v) is 12.6. The van der Waals surface area contributed by atoms with E-state index >= 15 is 0 Å². The minimum Gasteiger partial charge on any atom is -0.497 e. The first kappa shape index (κ1) is 28.6. The summed E-state index contributed by atoms with van der Waals surface area (Å²) < 4.78 is 13.2. The Kier molecular flexibility index (Phi) is 8.67. The summed E-state index contributed by atoms with van der Waals surface area (Å²) in [4.78, 5) is 27.2. The number of rotatable bonds is 8. The third kappa shape index (κ3) is 5.85. The van der Waals surface area contributed by atoms with E-state index in [0.717, 1.165) is 56.1 Å². The summed E-state index contributed by atoms with van der Waals surface area (Å²) in [6.45, 7) is 0. The lowest BCUT2D eigenvalue weighted by Gasteiger charge is -2.08. The molecule has 208 valence electrons. The Balaban J connectivity index is 1.40. The van der Waals surface area contributed by atoms with E-state index in [-0.39, 0.29) is 0 Å². The van der Waals surface area contributed by atoms with Gasteiger partial charge in [-0.25, -0.2) is 0 Å². The number of ether oxygens (including phenoxy) is 2. The lowest BCUT2D eigenvalue weighted by molar-refractivity contribution is 0.111. The van der Waals surface area contributed by atoms with E-state index in [9.17, 15) is 9.59 Å². The fourth-order valence-corrected chi connectivity index (χ4v) is 10.2. The summed E-state index contributed by atoms with van der Waals surface area (Å²) >= 11 is 7.07. The van der Waals surface area contributed by atoms with Gasteiger partial charge in [-0.2, -0.15) is 0 Å². The van der Waals surface area contributed by atoms with E-state index in [1.165, 1.54) is 18.3 Å². The fourth-order valence-electron chi connectivity index (χ4n) is 4.44. The summed E-state index contributed by atoms with van der Waals surface area (Å²) in [5, 5.41) is 0. The molecule has 0 aliphatic carbocycles. The molecule has 8 heteroatoms. The first-order valence-electron chi connectivity index (χ1n) is 12.9. The minimum atomic E-state index is 0.643. The van der Waals surface area contributed by atoms with E-state index in [1.54, 1.807) is 61.3 Å². The molecule has 2 aliphatic rings. The van der Waals surface area contributed by atoms with Gasteiger partial charge in [-0.05, 0) is 46.5 Å². The number of carbonyl (C=O) groups is 2. The van der Waals surface area contributed by atoms with Gasteiger partial charge in [0.1, 0.15) is 24.1 Å². The zero-order chi connectivity index (χ0) is 29.1. The monoisotopic (exact) mass is 624 g/mol. The highest BCUT2D eigenvalue weighted by Gasteiger charge is 2.32. The van der Waals surface area contributed by atoms with Gasteiger partial charge in [-0.15, -0.1) is 0 Å². The molecule has 42 heavy (non-hydrogen) atoms. The van der Waals surface area contributed by atoms with E-state index in [4.69, 9.17) is 9.47 Å². The van der Waals surface area contributed by atoms with Crippen molar-refractivity contribution in [1.82, 2.24) is 0 Å². The van der Waals surface area contributed by atoms with Crippen LogP contribution in [0.3, 0.4) is 0 Å². The SMILES string of the molecule is COc1ccc(C2=C(c3ccc(OC)cc3)SC(=C3SC(c4ccc(C=O)cc4)=C(c4ccc(C=O)cc4)S3)S2)cc1. The van der Waals surface area contributed by atoms with Gasteiger partial charge in [0.25, 0.3) is 0 Å². The van der Waals surface area contributed by atoms with Gasteiger partial charge in [0.05, 0.1) is 22.7 Å². The van der Waals surface area contributed by atoms with Crippen molar-refractivity contribution in [1.29, 1.82) is 0 Å². The third-order valence-electron chi connectivity index (χ3n) is 6.68. The molecule has 0 atom stereocenters. The summed E-state index contributed by atoms with van der Waals surface area (Å²) in [5.41, 5.74) is 5.65. The smallest absolute Gasteiger partial charge is 0.150 e. The van der Waals surface area contributed by atoms with Crippen molar-refractivity contribution in [2.24, 2.45) is 0 Å². The number of carbonyl (C=O) groups excluding carboxylic acids is 2. The van der Waals surface area contributed by atoms with Gasteiger partial charge >= 0.3 is 0 Å². The Morgan fingerprint density at radius 2 is 0.690 bits per heavy atom. The van der Waals surface area contributed by atoms with Crippen LogP contribution in [0, 0.1) is 0 Å². The molecule has 0 bridgehead atoms. The van der Waals surface area contributed by atoms with Gasteiger partial charge in [0.15, 0.2) is 0 Å². The average Bonchev–Trinajstić information content (AvgIpc) is 3.71. The van der Waals surface area contributed by atoms with E-state index < -0.39 is 0 Å². The highest BCUT2D eigenvalue weighted by molar-refractivity contribution is 8.39. The Morgan fingerprint density at radius 1 is 0.429 bits per heavy atom. The normalized spacial score (nSPS) is 14.9. The van der Waals surface area contributed by atoms with E-state index in [2.05, 4.69) is 24.3 Å². The molecular weight excluding hydrogens is 601 g/mol. The fraction of sp³-hybridized carbons (Fsp3) is 0.0588. The molecule has 0 aromatic heterocycles. The Morgan fingerprint density at radius 3 is 0.929 bits per heavy atom. The summed E-state index contributed by atoms with van der Waals surface area (Å²) in [5.74, 6) is 1.64. The highest BCUT2D eigenvalue weighted by atomic mass is 32.2. The zero-order valence-corrected chi connectivity index (χ0v) is 25.9. The molecule has 0 N–H and O–H groups in total. The molecule has 0 saturated heterocycles. The van der Waals surface area contributed by atoms with Crippen LogP contribution in [0.1, 0.15) is 43.0 Å². The number of hydrogen-bond acceptors (Lipinski definition) is 8. The van der Waals surface area contributed by atoms with Crippen LogP contribution < -0.4 is 9.47 Å². The van der Waals surface area contributed by atoms with Crippen molar-refractivity contribution >= 4 is 79.2 Å². The standard InChI is InChI=1S/C34H24O4S4/c1-37-27-15-11-25(12-16-27)31-32(26-13-17-28(38-2)18-14-26)42-34(41-31)33-39-29(23-7-3-21(19-35)4-8-23)30(40-33)24-9-5-22(20-36)6-10-24/h3-20H,1-2H3. The van der Waals surface area contributed by atoms with Crippen LogP contribution in [0.4, 0.5) is 0 Å². The quantitative estimate of drug-likeness (QED) is 0.180. The molecule has 0 radical (unpaired) electrons. The minimum absolute atomic E-state index is 0.643. The molecule has 2 heterocycles. The maximum atomic E-state index is 11.3. The predicted molar refractivity (Wildman–Crippen MR) is 181 cm³/mol. The van der Waals surface area contributed by atoms with E-state index in [1.807, 2.05) is 72.8 Å². The first-order valence-corrected chi connectivity index (χ1v) is 16.2. The van der Waals surface area contributed by atoms with Crippen LogP contribution in [-0.4, -0.2) is 26.8 Å². The average molecular weight is 625 g/mol. The molecule has 4 nitrogen and oxygen atoms in total. The van der Waals surface area contributed by atoms with Crippen molar-refractivity contribution in [2.45, 2.75) is 0 Å². The van der Waals surface area contributed by atoms with E-state index in [0.29, 0.717) is 11.1 Å². The van der Waals surface area contributed by atoms with Gasteiger partial charge in [0.2, 0.25) is 0 Å². The lowest BCUT2D eigenvalue weighted by Crippen LogP contribution is -1.86. The van der Waals surface area contributed by atoms with Crippen molar-refractivity contribution in [3.8, 4) is 11.5 Å². The Labute approximate surface area is 261 Å². The summed E-state index contributed by atoms with van der Waals surface area (Å²) in [7, 11) is 3.35. The molecule has 2 aliphatic heterocycles. The summed E-state index contributed by atoms with van der Waals surface area (Å²) in [6.07, 6.45) is 1.72. The molecule has 0 fully saturated rings. The zero-order valence-electron chi connectivity index (χ0n) is 22.7. The van der Waals surface area contributed by atoms with Crippen molar-refractivity contribution in [3.63, 3.8) is 0 Å². The predicted octanol–water partition coefficient (Wildman–Crippen LogP) is 9.77. The second kappa shape index (κ2) is 12.8. The van der Waals surface area contributed by atoms with Gasteiger partial charge < -0.3 is 9.47 Å². The summed E-state index contributed by atoms with van der Waals surface area (Å²) in [6, 6.07) is 31.8. The second-order valence-corrected chi connectivity index (χ2v) is 13.8. The number of thioether (sulfide) groups is 4. The van der Waals surface area contributed by atoms with Crippen molar-refractivity contribution in [3.05, 3.63) is 139 Å². The van der Waals surface area contributed by atoms with Crippen LogP contribution in [-0.2, 0) is 0 Å². The van der Waals surface area contributed by atoms with Crippen LogP contribution in [0.15, 0.2) is 106 Å². The molecule has 0 spiro atoms. The molecule has 4 aromatic carbocycles. The number of hydrogen-bond donors (Lipinski definition) is 0. The largest absolute Gasteiger partial charge is 0.497 e. The van der Waals surface area contributed by atoms with Crippen LogP contribution in [0.25, 0.3) is 19.6 Å². The topological polar surface area (TPSA) is 52.6 Å². The lowest BCUT2D eigenvalue weighted by atomic mass is 10.1. The molecule has 0 amide bonds. The maximum Gasteiger partial charge on any atom is 0.150 e. The van der Waals surface area contributed by atoms with Crippen LogP contribution in [0.2, 0.25) is 0 Å². The van der Waals surface area contributed by atoms with Crippen molar-refractivity contribution < 1.29 is 19.1 Å². The van der Waals surface area contributed by atoms with Gasteiger partial charge in [-0.3, -0.25) is 9.59 Å². The highest BCUT2D eigenvalue weighted by Crippen LogP contribution is 2.66. The molecular formula is C34H24O4S4. The molecule has 0 unspecified atom stereocenters. The molecule has 6 rings (SSSR count). The number of aldehydes is 2. The van der Waals surface area contributed by atoms with Crippen molar-refractivity contribution in [2.75, 3.05) is 14.2 Å². The molecule has 0 saturated carbocycles. The Bertz CT molecular complexity index is 1610. The first-order chi connectivity index (χ1) is 20.6. The maximum absolute atomic E-state index is 11.3. The van der Waals surface area contributed by atoms with Gasteiger partial charge in [-0.1, -0.05) is 120 Å². The molecule has 4 aromatic rings. The second-order valence-electron chi connectivity index (χ2n) is 9.24.